The van der Waals surface area contributed by atoms with Gasteiger partial charge in [0.15, 0.2) is 11.9 Å². The van der Waals surface area contributed by atoms with Crippen molar-refractivity contribution in [3.63, 3.8) is 0 Å². The number of anilines is 2. The molecule has 2 aromatic rings. The maximum atomic E-state index is 5.63. The zero-order chi connectivity index (χ0) is 11.7. The summed E-state index contributed by atoms with van der Waals surface area (Å²) < 4.78 is 0. The first-order valence-corrected chi connectivity index (χ1v) is 4.98. The zero-order valence-corrected chi connectivity index (χ0v) is 9.04. The van der Waals surface area contributed by atoms with Gasteiger partial charge in [-0.1, -0.05) is 13.5 Å². The fourth-order valence-electron chi connectivity index (χ4n) is 1.62. The number of nitrogens with zero attached hydrogens (tertiary/aromatic N) is 2. The van der Waals surface area contributed by atoms with Crippen molar-refractivity contribution < 1.29 is 0 Å². The smallest absolute Gasteiger partial charge is 0.198 e. The molecule has 0 aliphatic rings. The SMILES string of the molecule is C=Cc1[nH]c(N)nc1-c1nc(N)[nH]c1CC. The highest BCUT2D eigenvalue weighted by Crippen LogP contribution is 2.25. The van der Waals surface area contributed by atoms with Crippen LogP contribution >= 0.6 is 0 Å². The molecule has 0 saturated carbocycles. The van der Waals surface area contributed by atoms with Crippen molar-refractivity contribution in [2.24, 2.45) is 0 Å². The van der Waals surface area contributed by atoms with Crippen LogP contribution in [0.2, 0.25) is 0 Å². The highest BCUT2D eigenvalue weighted by Gasteiger charge is 2.15. The summed E-state index contributed by atoms with van der Waals surface area (Å²) >= 11 is 0. The second-order valence-corrected chi connectivity index (χ2v) is 3.39. The molecule has 2 aromatic heterocycles. The second kappa shape index (κ2) is 3.73. The van der Waals surface area contributed by atoms with E-state index in [1.807, 2.05) is 6.92 Å². The summed E-state index contributed by atoms with van der Waals surface area (Å²) in [6.07, 6.45) is 2.45. The predicted molar refractivity (Wildman–Crippen MR) is 64.5 cm³/mol. The van der Waals surface area contributed by atoms with E-state index < -0.39 is 0 Å². The maximum absolute atomic E-state index is 5.63. The third kappa shape index (κ3) is 1.54. The van der Waals surface area contributed by atoms with Crippen LogP contribution in [-0.4, -0.2) is 19.9 Å². The molecule has 0 atom stereocenters. The molecule has 6 nitrogen and oxygen atoms in total. The Morgan fingerprint density at radius 1 is 1.19 bits per heavy atom. The summed E-state index contributed by atoms with van der Waals surface area (Å²) in [6, 6.07) is 0. The van der Waals surface area contributed by atoms with Gasteiger partial charge in [0.1, 0.15) is 11.4 Å². The topological polar surface area (TPSA) is 109 Å². The number of aromatic nitrogens is 4. The molecule has 0 amide bonds. The predicted octanol–water partition coefficient (Wildman–Crippen LogP) is 1.17. The second-order valence-electron chi connectivity index (χ2n) is 3.39. The van der Waals surface area contributed by atoms with Crippen molar-refractivity contribution in [1.29, 1.82) is 0 Å². The highest BCUT2D eigenvalue weighted by molar-refractivity contribution is 5.71. The van der Waals surface area contributed by atoms with Gasteiger partial charge in [0.05, 0.1) is 5.69 Å². The molecular weight excluding hydrogens is 204 g/mol. The zero-order valence-electron chi connectivity index (χ0n) is 9.04. The van der Waals surface area contributed by atoms with Crippen molar-refractivity contribution in [3.05, 3.63) is 18.0 Å². The number of hydrogen-bond acceptors (Lipinski definition) is 4. The number of aromatic amines is 2. The molecule has 6 N–H and O–H groups in total. The minimum atomic E-state index is 0.341. The normalized spacial score (nSPS) is 10.6. The fraction of sp³-hybridized carbons (Fsp3) is 0.200. The van der Waals surface area contributed by atoms with Gasteiger partial charge in [-0.3, -0.25) is 0 Å². The van der Waals surface area contributed by atoms with Gasteiger partial charge in [0, 0.05) is 5.69 Å². The average molecular weight is 218 g/mol. The van der Waals surface area contributed by atoms with Gasteiger partial charge in [0.2, 0.25) is 0 Å². The molecule has 0 saturated heterocycles. The van der Waals surface area contributed by atoms with E-state index in [9.17, 15) is 0 Å². The Labute approximate surface area is 92.8 Å². The Kier molecular flexibility index (Phi) is 2.40. The number of hydrogen-bond donors (Lipinski definition) is 4. The van der Waals surface area contributed by atoms with Gasteiger partial charge < -0.3 is 21.4 Å². The maximum Gasteiger partial charge on any atom is 0.198 e. The lowest BCUT2D eigenvalue weighted by atomic mass is 10.2. The number of aryl methyl sites for hydroxylation is 1. The van der Waals surface area contributed by atoms with E-state index in [-0.39, 0.29) is 0 Å². The minimum absolute atomic E-state index is 0.341. The molecule has 0 aromatic carbocycles. The third-order valence-corrected chi connectivity index (χ3v) is 2.33. The Morgan fingerprint density at radius 2 is 1.81 bits per heavy atom. The highest BCUT2D eigenvalue weighted by atomic mass is 15.1. The first kappa shape index (κ1) is 10.3. The summed E-state index contributed by atoms with van der Waals surface area (Å²) in [6.45, 7) is 5.71. The fourth-order valence-corrected chi connectivity index (χ4v) is 1.62. The van der Waals surface area contributed by atoms with Crippen LogP contribution in [0.4, 0.5) is 11.9 Å². The molecule has 0 aliphatic heterocycles. The van der Waals surface area contributed by atoms with E-state index in [4.69, 9.17) is 11.5 Å². The number of rotatable bonds is 3. The first-order chi connectivity index (χ1) is 7.65. The van der Waals surface area contributed by atoms with E-state index in [0.717, 1.165) is 23.5 Å². The Balaban J connectivity index is 2.60. The number of imidazole rings is 2. The lowest BCUT2D eigenvalue weighted by molar-refractivity contribution is 1.07. The van der Waals surface area contributed by atoms with Crippen LogP contribution in [0.15, 0.2) is 6.58 Å². The van der Waals surface area contributed by atoms with Crippen LogP contribution in [-0.2, 0) is 6.42 Å². The van der Waals surface area contributed by atoms with Crippen LogP contribution in [0.3, 0.4) is 0 Å². The minimum Gasteiger partial charge on any atom is -0.369 e. The molecular formula is C10H14N6. The van der Waals surface area contributed by atoms with Crippen LogP contribution in [0.1, 0.15) is 18.3 Å². The van der Waals surface area contributed by atoms with E-state index >= 15 is 0 Å². The van der Waals surface area contributed by atoms with Gasteiger partial charge >= 0.3 is 0 Å². The Bertz CT molecular complexity index is 521. The molecule has 84 valence electrons. The molecule has 0 spiro atoms. The van der Waals surface area contributed by atoms with Crippen molar-refractivity contribution in [2.75, 3.05) is 11.5 Å². The molecule has 0 fully saturated rings. The van der Waals surface area contributed by atoms with Gasteiger partial charge in [-0.05, 0) is 12.5 Å². The summed E-state index contributed by atoms with van der Waals surface area (Å²) in [5, 5.41) is 0. The van der Waals surface area contributed by atoms with Crippen molar-refractivity contribution >= 4 is 18.0 Å². The third-order valence-electron chi connectivity index (χ3n) is 2.33. The molecule has 2 rings (SSSR count). The number of H-pyrrole nitrogens is 2. The summed E-state index contributed by atoms with van der Waals surface area (Å²) in [7, 11) is 0. The summed E-state index contributed by atoms with van der Waals surface area (Å²) in [5.41, 5.74) is 14.3. The molecule has 16 heavy (non-hydrogen) atoms. The van der Waals surface area contributed by atoms with Gasteiger partial charge in [-0.2, -0.15) is 0 Å². The monoisotopic (exact) mass is 218 g/mol. The lowest BCUT2D eigenvalue weighted by Crippen LogP contribution is -1.89. The van der Waals surface area contributed by atoms with Gasteiger partial charge in [-0.25, -0.2) is 9.97 Å². The van der Waals surface area contributed by atoms with Crippen LogP contribution in [0.5, 0.6) is 0 Å². The number of nitrogen functional groups attached to an aromatic ring is 2. The molecule has 0 radical (unpaired) electrons. The number of nitrogens with two attached hydrogens (primary N) is 2. The van der Waals surface area contributed by atoms with Gasteiger partial charge in [0.25, 0.3) is 0 Å². The van der Waals surface area contributed by atoms with E-state index in [1.165, 1.54) is 0 Å². The quantitative estimate of drug-likeness (QED) is 0.619. The standard InChI is InChI=1S/C10H14N6/c1-3-5-7(15-9(11)13-5)8-6(4-2)14-10(12)16-8/h3H,1,4H2,2H3,(H3,11,13,15)(H3,12,14,16). The Morgan fingerprint density at radius 3 is 2.44 bits per heavy atom. The van der Waals surface area contributed by atoms with Crippen LogP contribution < -0.4 is 11.5 Å². The van der Waals surface area contributed by atoms with Crippen LogP contribution in [0.25, 0.3) is 17.5 Å². The molecule has 2 heterocycles. The summed E-state index contributed by atoms with van der Waals surface area (Å²) in [5.74, 6) is 0.719. The van der Waals surface area contributed by atoms with E-state index in [2.05, 4.69) is 26.5 Å². The molecule has 0 unspecified atom stereocenters. The molecule has 0 aliphatic carbocycles. The largest absolute Gasteiger partial charge is 0.369 e. The first-order valence-electron chi connectivity index (χ1n) is 4.98. The molecule has 6 heteroatoms. The number of nitrogens with one attached hydrogen (secondary N) is 2. The molecule has 0 bridgehead atoms. The van der Waals surface area contributed by atoms with Crippen LogP contribution in [0, 0.1) is 0 Å². The van der Waals surface area contributed by atoms with Crippen molar-refractivity contribution in [2.45, 2.75) is 13.3 Å². The average Bonchev–Trinajstić information content (AvgIpc) is 2.80. The lowest BCUT2D eigenvalue weighted by Gasteiger charge is -1.96. The Hall–Kier alpha value is -2.24. The van der Waals surface area contributed by atoms with Crippen molar-refractivity contribution in [3.8, 4) is 11.4 Å². The van der Waals surface area contributed by atoms with E-state index in [0.29, 0.717) is 17.6 Å². The van der Waals surface area contributed by atoms with E-state index in [1.54, 1.807) is 6.08 Å². The van der Waals surface area contributed by atoms with Gasteiger partial charge in [-0.15, -0.1) is 0 Å². The summed E-state index contributed by atoms with van der Waals surface area (Å²) in [4.78, 5) is 14.3. The van der Waals surface area contributed by atoms with Crippen molar-refractivity contribution in [1.82, 2.24) is 19.9 Å².